The Hall–Kier alpha value is -5.39. The molecule has 194 valence electrons. The molecule has 12 heteroatoms. The number of carbonyl (C=O) groups excluding carboxylic acids is 2. The van der Waals surface area contributed by atoms with E-state index in [1.807, 2.05) is 19.1 Å². The van der Waals surface area contributed by atoms with Crippen LogP contribution in [0, 0.1) is 17.0 Å². The van der Waals surface area contributed by atoms with Crippen LogP contribution in [-0.2, 0) is 9.53 Å². The van der Waals surface area contributed by atoms with Crippen LogP contribution in [0.25, 0.3) is 0 Å². The van der Waals surface area contributed by atoms with Crippen LogP contribution in [0.4, 0.5) is 16.2 Å². The third kappa shape index (κ3) is 6.23. The number of aliphatic imine (C=N–C) groups is 1. The van der Waals surface area contributed by atoms with Gasteiger partial charge in [0.15, 0.2) is 12.4 Å². The molecule has 38 heavy (non-hydrogen) atoms. The van der Waals surface area contributed by atoms with Crippen LogP contribution in [0.3, 0.4) is 0 Å². The average molecular weight is 517 g/mol. The van der Waals surface area contributed by atoms with E-state index in [0.29, 0.717) is 17.1 Å². The molecule has 1 aliphatic heterocycles. The molecule has 0 aliphatic carbocycles. The number of aryl methyl sites for hydroxylation is 1. The zero-order chi connectivity index (χ0) is 27.1. The predicted octanol–water partition coefficient (Wildman–Crippen LogP) is 3.15. The van der Waals surface area contributed by atoms with Gasteiger partial charge in [0.2, 0.25) is 5.96 Å². The van der Waals surface area contributed by atoms with Crippen LogP contribution < -0.4 is 26.0 Å². The Labute approximate surface area is 217 Å². The Kier molecular flexibility index (Phi) is 7.82. The SMILES string of the molecule is Cc1ccc(OCC(=O)NC2=NC(OC(=O)N(c3ccccc3)c3ccccc3)C([N+](=O)[O-])=C(N)N2)cc1. The minimum atomic E-state index is -1.75. The Morgan fingerprint density at radius 3 is 2.16 bits per heavy atom. The smallest absolute Gasteiger partial charge is 0.421 e. The van der Waals surface area contributed by atoms with Crippen molar-refractivity contribution in [3.63, 3.8) is 0 Å². The molecule has 0 bridgehead atoms. The summed E-state index contributed by atoms with van der Waals surface area (Å²) in [5, 5.41) is 16.6. The van der Waals surface area contributed by atoms with Gasteiger partial charge in [0.05, 0.1) is 16.3 Å². The topological polar surface area (TPSA) is 161 Å². The lowest BCUT2D eigenvalue weighted by molar-refractivity contribution is -0.437. The number of benzene rings is 3. The van der Waals surface area contributed by atoms with Crippen LogP contribution >= 0.6 is 0 Å². The van der Waals surface area contributed by atoms with Gasteiger partial charge in [-0.3, -0.25) is 20.2 Å². The Bertz CT molecular complexity index is 1340. The van der Waals surface area contributed by atoms with Gasteiger partial charge in [-0.1, -0.05) is 54.1 Å². The monoisotopic (exact) mass is 516 g/mol. The lowest BCUT2D eigenvalue weighted by Crippen LogP contribution is -2.49. The lowest BCUT2D eigenvalue weighted by Gasteiger charge is -2.26. The van der Waals surface area contributed by atoms with E-state index >= 15 is 0 Å². The molecule has 4 N–H and O–H groups in total. The zero-order valence-corrected chi connectivity index (χ0v) is 20.2. The molecule has 4 rings (SSSR count). The summed E-state index contributed by atoms with van der Waals surface area (Å²) in [6, 6.07) is 24.3. The van der Waals surface area contributed by atoms with Crippen molar-refractivity contribution < 1.29 is 24.0 Å². The van der Waals surface area contributed by atoms with Gasteiger partial charge < -0.3 is 20.5 Å². The van der Waals surface area contributed by atoms with Crippen LogP contribution in [-0.4, -0.2) is 35.7 Å². The van der Waals surface area contributed by atoms with Gasteiger partial charge in [0, 0.05) is 0 Å². The van der Waals surface area contributed by atoms with Crippen molar-refractivity contribution >= 4 is 29.3 Å². The molecule has 12 nitrogen and oxygen atoms in total. The van der Waals surface area contributed by atoms with Gasteiger partial charge in [-0.15, -0.1) is 0 Å². The van der Waals surface area contributed by atoms with E-state index in [2.05, 4.69) is 15.6 Å². The van der Waals surface area contributed by atoms with Gasteiger partial charge >= 0.3 is 11.8 Å². The third-order valence-electron chi connectivity index (χ3n) is 5.28. The second-order valence-corrected chi connectivity index (χ2v) is 8.05. The van der Waals surface area contributed by atoms with Gasteiger partial charge in [-0.2, -0.15) is 4.99 Å². The molecular weight excluding hydrogens is 492 g/mol. The highest BCUT2D eigenvalue weighted by atomic mass is 16.6. The first-order valence-corrected chi connectivity index (χ1v) is 11.4. The summed E-state index contributed by atoms with van der Waals surface area (Å²) < 4.78 is 10.9. The van der Waals surface area contributed by atoms with E-state index in [-0.39, 0.29) is 12.6 Å². The van der Waals surface area contributed by atoms with E-state index in [0.717, 1.165) is 5.56 Å². The van der Waals surface area contributed by atoms with Crippen molar-refractivity contribution in [1.82, 2.24) is 10.6 Å². The van der Waals surface area contributed by atoms with Gasteiger partial charge in [0.25, 0.3) is 12.1 Å². The van der Waals surface area contributed by atoms with Crippen LogP contribution in [0.2, 0.25) is 0 Å². The fourth-order valence-electron chi connectivity index (χ4n) is 3.48. The van der Waals surface area contributed by atoms with E-state index in [4.69, 9.17) is 15.2 Å². The maximum absolute atomic E-state index is 13.3. The van der Waals surface area contributed by atoms with Gasteiger partial charge in [0.1, 0.15) is 5.75 Å². The number of hydrogen-bond donors (Lipinski definition) is 3. The number of ether oxygens (including phenoxy) is 2. The quantitative estimate of drug-likeness (QED) is 0.319. The second-order valence-electron chi connectivity index (χ2n) is 8.05. The van der Waals surface area contributed by atoms with E-state index in [1.54, 1.807) is 72.8 Å². The number of carbonyl (C=O) groups is 2. The molecule has 1 heterocycles. The highest BCUT2D eigenvalue weighted by Crippen LogP contribution is 2.27. The number of hydrogen-bond acceptors (Lipinski definition) is 9. The zero-order valence-electron chi connectivity index (χ0n) is 20.2. The van der Waals surface area contributed by atoms with Gasteiger partial charge in [-0.05, 0) is 43.3 Å². The van der Waals surface area contributed by atoms with Crippen molar-refractivity contribution in [2.24, 2.45) is 10.7 Å². The maximum atomic E-state index is 13.3. The molecule has 0 aromatic heterocycles. The number of rotatable bonds is 7. The highest BCUT2D eigenvalue weighted by Gasteiger charge is 2.38. The molecule has 3 aromatic carbocycles. The van der Waals surface area contributed by atoms with Crippen molar-refractivity contribution in [2.45, 2.75) is 13.2 Å². The molecule has 1 aliphatic rings. The molecule has 3 aromatic rings. The van der Waals surface area contributed by atoms with Crippen LogP contribution in [0.15, 0.2) is 101 Å². The summed E-state index contributed by atoms with van der Waals surface area (Å²) in [5.41, 5.74) is 7.12. The second kappa shape index (κ2) is 11.6. The van der Waals surface area contributed by atoms with Crippen molar-refractivity contribution in [2.75, 3.05) is 11.5 Å². The standard InChI is InChI=1S/C26H24N6O6/c1-17-12-14-20(15-13-17)37-16-21(33)28-25-29-23(27)22(32(35)36)24(30-25)38-26(34)31(18-8-4-2-5-9-18)19-10-6-3-7-11-19/h2-15,24H,16,27H2,1H3,(H2,28,29,30,33). The summed E-state index contributed by atoms with van der Waals surface area (Å²) >= 11 is 0. The summed E-state index contributed by atoms with van der Waals surface area (Å²) in [7, 11) is 0. The minimum Gasteiger partial charge on any atom is -0.484 e. The molecule has 2 amide bonds. The number of nitro groups is 1. The first-order valence-electron chi connectivity index (χ1n) is 11.4. The largest absolute Gasteiger partial charge is 0.484 e. The number of nitrogens with two attached hydrogens (primary N) is 1. The Morgan fingerprint density at radius 2 is 1.61 bits per heavy atom. The molecule has 0 saturated heterocycles. The Morgan fingerprint density at radius 1 is 1.03 bits per heavy atom. The number of anilines is 2. The number of amides is 2. The normalized spacial score (nSPS) is 14.6. The van der Waals surface area contributed by atoms with E-state index < -0.39 is 34.7 Å². The summed E-state index contributed by atoms with van der Waals surface area (Å²) in [5.74, 6) is -0.819. The number of guanidine groups is 1. The maximum Gasteiger partial charge on any atom is 0.421 e. The summed E-state index contributed by atoms with van der Waals surface area (Å²) in [4.78, 5) is 41.9. The highest BCUT2D eigenvalue weighted by molar-refractivity contribution is 5.99. The molecule has 1 unspecified atom stereocenters. The molecule has 0 saturated carbocycles. The number of para-hydroxylation sites is 2. The number of nitrogens with one attached hydrogen (secondary N) is 2. The van der Waals surface area contributed by atoms with E-state index in [1.165, 1.54) is 4.90 Å². The lowest BCUT2D eigenvalue weighted by atomic mass is 10.2. The molecular formula is C26H24N6O6. The average Bonchev–Trinajstić information content (AvgIpc) is 2.89. The molecule has 0 fully saturated rings. The van der Waals surface area contributed by atoms with E-state index in [9.17, 15) is 19.7 Å². The van der Waals surface area contributed by atoms with Gasteiger partial charge in [-0.25, -0.2) is 9.69 Å². The summed E-state index contributed by atoms with van der Waals surface area (Å²) in [6.07, 6.45) is -2.69. The fourth-order valence-corrected chi connectivity index (χ4v) is 3.48. The molecule has 1 atom stereocenters. The number of nitrogens with zero attached hydrogens (tertiary/aromatic N) is 3. The first kappa shape index (κ1) is 25.7. The van der Waals surface area contributed by atoms with Crippen LogP contribution in [0.1, 0.15) is 5.56 Å². The fraction of sp³-hybridized carbons (Fsp3) is 0.115. The molecule has 0 radical (unpaired) electrons. The van der Waals surface area contributed by atoms with Crippen molar-refractivity contribution in [1.29, 1.82) is 0 Å². The van der Waals surface area contributed by atoms with Crippen molar-refractivity contribution in [3.05, 3.63) is 112 Å². The van der Waals surface area contributed by atoms with Crippen molar-refractivity contribution in [3.8, 4) is 5.75 Å². The minimum absolute atomic E-state index is 0.241. The molecule has 0 spiro atoms. The summed E-state index contributed by atoms with van der Waals surface area (Å²) in [6.45, 7) is 1.55. The Balaban J connectivity index is 1.53. The third-order valence-corrected chi connectivity index (χ3v) is 5.28. The predicted molar refractivity (Wildman–Crippen MR) is 139 cm³/mol. The first-order chi connectivity index (χ1) is 18.3. The van der Waals surface area contributed by atoms with Crippen LogP contribution in [0.5, 0.6) is 5.75 Å².